The number of nitrogens with zero attached hydrogens (tertiary/aromatic N) is 1. The molecule has 1 N–H and O–H groups in total. The van der Waals surface area contributed by atoms with Gasteiger partial charge >= 0.3 is 0 Å². The fourth-order valence-electron chi connectivity index (χ4n) is 1.74. The molecule has 0 heterocycles. The molecule has 0 aliphatic rings. The van der Waals surface area contributed by atoms with E-state index in [9.17, 15) is 4.57 Å². The fourth-order valence-corrected chi connectivity index (χ4v) is 2.01. The maximum Gasteiger partial charge on any atom is 0.192 e. The minimum atomic E-state index is 0.00745. The first-order chi connectivity index (χ1) is 8.78. The monoisotopic (exact) mass is 254 g/mol. The summed E-state index contributed by atoms with van der Waals surface area (Å²) in [5.41, 5.74) is 3.39. The summed E-state index contributed by atoms with van der Waals surface area (Å²) in [6.07, 6.45) is 0. The van der Waals surface area contributed by atoms with Gasteiger partial charge in [0.25, 0.3) is 0 Å². The topological polar surface area (TPSA) is 52.9 Å². The molecule has 0 amide bonds. The third-order valence-corrected chi connectivity index (χ3v) is 3.22. The lowest BCUT2D eigenvalue weighted by atomic mass is 10.00. The Bertz CT molecular complexity index is 615. The first-order valence-electron chi connectivity index (χ1n) is 5.44. The zero-order valence-corrected chi connectivity index (χ0v) is 10.7. The zero-order valence-electron chi connectivity index (χ0n) is 9.84. The van der Waals surface area contributed by atoms with E-state index in [1.165, 1.54) is 0 Å². The van der Waals surface area contributed by atoms with Crippen LogP contribution in [0, 0.1) is 11.3 Å². The van der Waals surface area contributed by atoms with Crippen LogP contribution >= 0.6 is 8.46 Å². The predicted molar refractivity (Wildman–Crippen MR) is 73.4 cm³/mol. The summed E-state index contributed by atoms with van der Waals surface area (Å²) in [6.45, 7) is 0. The largest absolute Gasteiger partial charge is 0.388 e. The summed E-state index contributed by atoms with van der Waals surface area (Å²) in [5.74, 6) is 0. The van der Waals surface area contributed by atoms with Gasteiger partial charge in [-0.3, -0.25) is 4.57 Å². The van der Waals surface area contributed by atoms with Crippen molar-refractivity contribution in [1.29, 1.82) is 5.26 Å². The number of nitriles is 1. The lowest BCUT2D eigenvalue weighted by molar-refractivity contribution is 0.603. The molecule has 18 heavy (non-hydrogen) atoms. The Hall–Kier alpha value is -2.17. The van der Waals surface area contributed by atoms with Crippen LogP contribution in [0.5, 0.6) is 0 Å². The van der Waals surface area contributed by atoms with Crippen molar-refractivity contribution < 1.29 is 4.57 Å². The van der Waals surface area contributed by atoms with Crippen LogP contribution in [0.25, 0.3) is 11.1 Å². The molecular formula is C14H11N2OP. The van der Waals surface area contributed by atoms with E-state index in [2.05, 4.69) is 11.4 Å². The Morgan fingerprint density at radius 3 is 2.44 bits per heavy atom. The third kappa shape index (κ3) is 2.40. The number of rotatable bonds is 3. The van der Waals surface area contributed by atoms with E-state index >= 15 is 0 Å². The van der Waals surface area contributed by atoms with Gasteiger partial charge in [0.05, 0.1) is 11.6 Å². The lowest BCUT2D eigenvalue weighted by Crippen LogP contribution is -1.93. The highest BCUT2D eigenvalue weighted by Gasteiger charge is 2.06. The minimum Gasteiger partial charge on any atom is -0.388 e. The molecule has 0 aliphatic heterocycles. The molecule has 0 radical (unpaired) electrons. The van der Waals surface area contributed by atoms with Gasteiger partial charge in [-0.05, 0) is 35.9 Å². The van der Waals surface area contributed by atoms with Gasteiger partial charge in [0, 0.05) is 23.6 Å². The second kappa shape index (κ2) is 5.44. The van der Waals surface area contributed by atoms with Crippen LogP contribution < -0.4 is 10.6 Å². The zero-order chi connectivity index (χ0) is 13.0. The molecule has 0 bridgehead atoms. The van der Waals surface area contributed by atoms with Crippen molar-refractivity contribution in [2.24, 2.45) is 0 Å². The summed E-state index contributed by atoms with van der Waals surface area (Å²) in [4.78, 5) is 0. The van der Waals surface area contributed by atoms with E-state index < -0.39 is 0 Å². The van der Waals surface area contributed by atoms with Crippen LogP contribution in [0.1, 0.15) is 5.56 Å². The van der Waals surface area contributed by atoms with E-state index in [4.69, 9.17) is 5.26 Å². The number of anilines is 1. The summed E-state index contributed by atoms with van der Waals surface area (Å²) >= 11 is 0. The van der Waals surface area contributed by atoms with Crippen LogP contribution in [0.4, 0.5) is 5.69 Å². The Morgan fingerprint density at radius 2 is 1.89 bits per heavy atom. The minimum absolute atomic E-state index is 0.00745. The van der Waals surface area contributed by atoms with Gasteiger partial charge in [0.15, 0.2) is 8.46 Å². The van der Waals surface area contributed by atoms with Crippen molar-refractivity contribution in [3.63, 3.8) is 0 Å². The van der Waals surface area contributed by atoms with E-state index in [1.807, 2.05) is 31.3 Å². The highest BCUT2D eigenvalue weighted by atomic mass is 31.1. The highest BCUT2D eigenvalue weighted by molar-refractivity contribution is 7.34. The summed E-state index contributed by atoms with van der Waals surface area (Å²) in [7, 11) is 1.85. The van der Waals surface area contributed by atoms with E-state index in [-0.39, 0.29) is 8.46 Å². The van der Waals surface area contributed by atoms with Gasteiger partial charge in [-0.1, -0.05) is 12.1 Å². The average molecular weight is 254 g/mol. The van der Waals surface area contributed by atoms with Gasteiger partial charge in [-0.15, -0.1) is 0 Å². The van der Waals surface area contributed by atoms with Crippen LogP contribution in [0.2, 0.25) is 0 Å². The SMILES string of the molecule is CNc1ccc(C#N)c(-c2ccc(P=O)cc2)c1. The molecule has 0 aliphatic carbocycles. The molecule has 0 aromatic heterocycles. The van der Waals surface area contributed by atoms with Crippen molar-refractivity contribution in [1.82, 2.24) is 0 Å². The third-order valence-electron chi connectivity index (χ3n) is 2.71. The molecule has 0 spiro atoms. The Kier molecular flexibility index (Phi) is 3.72. The molecule has 4 heteroatoms. The maximum atomic E-state index is 10.7. The van der Waals surface area contributed by atoms with Gasteiger partial charge in [0.2, 0.25) is 0 Å². The lowest BCUT2D eigenvalue weighted by Gasteiger charge is -2.07. The van der Waals surface area contributed by atoms with Gasteiger partial charge < -0.3 is 5.32 Å². The highest BCUT2D eigenvalue weighted by Crippen LogP contribution is 2.26. The number of hydrogen-bond donors (Lipinski definition) is 1. The Morgan fingerprint density at radius 1 is 1.17 bits per heavy atom. The molecule has 0 saturated carbocycles. The molecule has 0 unspecified atom stereocenters. The van der Waals surface area contributed by atoms with Crippen molar-refractivity contribution >= 4 is 19.5 Å². The Labute approximate surface area is 107 Å². The second-order valence-corrected chi connectivity index (χ2v) is 4.46. The average Bonchev–Trinajstić information content (AvgIpc) is 2.46. The van der Waals surface area contributed by atoms with Crippen LogP contribution in [-0.2, 0) is 4.57 Å². The maximum absolute atomic E-state index is 10.7. The first kappa shape index (κ1) is 12.3. The molecule has 0 fully saturated rings. The molecule has 0 saturated heterocycles. The van der Waals surface area contributed by atoms with Crippen molar-refractivity contribution in [2.45, 2.75) is 0 Å². The molecule has 88 valence electrons. The van der Waals surface area contributed by atoms with Gasteiger partial charge in [-0.2, -0.15) is 5.26 Å². The fraction of sp³-hybridized carbons (Fsp3) is 0.0714. The van der Waals surface area contributed by atoms with Crippen molar-refractivity contribution in [3.8, 4) is 17.2 Å². The van der Waals surface area contributed by atoms with Gasteiger partial charge in [0.1, 0.15) is 0 Å². The smallest absolute Gasteiger partial charge is 0.192 e. The molecular weight excluding hydrogens is 243 g/mol. The van der Waals surface area contributed by atoms with Crippen LogP contribution in [0.3, 0.4) is 0 Å². The van der Waals surface area contributed by atoms with Gasteiger partial charge in [-0.25, -0.2) is 0 Å². The first-order valence-corrected chi connectivity index (χ1v) is 6.25. The van der Waals surface area contributed by atoms with E-state index in [0.717, 1.165) is 22.1 Å². The van der Waals surface area contributed by atoms with Crippen LogP contribution in [-0.4, -0.2) is 7.05 Å². The normalized spacial score (nSPS) is 10.0. The second-order valence-electron chi connectivity index (χ2n) is 3.76. The van der Waals surface area contributed by atoms with E-state index in [0.29, 0.717) is 5.56 Å². The Balaban J connectivity index is 2.54. The molecule has 2 aromatic carbocycles. The standard InChI is InChI=1S/C14H11N2OP/c1-16-12-5-2-11(9-15)14(8-12)10-3-6-13(18-17)7-4-10/h2-8,16H,1H3. The van der Waals surface area contributed by atoms with Crippen molar-refractivity contribution in [3.05, 3.63) is 48.0 Å². The predicted octanol–water partition coefficient (Wildman–Crippen LogP) is 3.18. The van der Waals surface area contributed by atoms with E-state index in [1.54, 1.807) is 18.2 Å². The molecule has 3 nitrogen and oxygen atoms in total. The molecule has 2 rings (SSSR count). The molecule has 2 aromatic rings. The summed E-state index contributed by atoms with van der Waals surface area (Å²) in [6, 6.07) is 15.1. The van der Waals surface area contributed by atoms with Crippen molar-refractivity contribution in [2.75, 3.05) is 12.4 Å². The number of nitrogens with one attached hydrogen (secondary N) is 1. The molecule has 0 atom stereocenters. The number of benzene rings is 2. The summed E-state index contributed by atoms with van der Waals surface area (Å²) < 4.78 is 10.7. The quantitative estimate of drug-likeness (QED) is 0.856. The number of hydrogen-bond acceptors (Lipinski definition) is 3. The summed E-state index contributed by atoms with van der Waals surface area (Å²) in [5, 5.41) is 12.9. The van der Waals surface area contributed by atoms with Crippen LogP contribution in [0.15, 0.2) is 42.5 Å².